The number of carboxylic acid groups (broad SMARTS) is 1. The third-order valence-corrected chi connectivity index (χ3v) is 3.74. The monoisotopic (exact) mass is 253 g/mol. The molecule has 0 bridgehead atoms. The highest BCUT2D eigenvalue weighted by Crippen LogP contribution is 2.32. The number of rotatable bonds is 8. The Kier molecular flexibility index (Phi) is 6.05. The van der Waals surface area contributed by atoms with E-state index in [1.165, 1.54) is 0 Å². The number of unbranched alkanes of at least 4 members (excludes halogenated alkanes) is 3. The second-order valence-electron chi connectivity index (χ2n) is 5.10. The minimum Gasteiger partial charge on any atom is -0.481 e. The molecule has 102 valence electrons. The molecular weight excluding hydrogens is 230 g/mol. The van der Waals surface area contributed by atoms with Crippen molar-refractivity contribution in [3.8, 4) is 0 Å². The molecule has 0 radical (unpaired) electrons. The molecule has 0 aromatic heterocycles. The van der Waals surface area contributed by atoms with E-state index in [-0.39, 0.29) is 30.1 Å². The van der Waals surface area contributed by atoms with Gasteiger partial charge >= 0.3 is 5.97 Å². The average molecular weight is 253 g/mol. The average Bonchev–Trinajstić information content (AvgIpc) is 2.57. The highest BCUT2D eigenvalue weighted by Gasteiger charge is 2.37. The molecule has 3 atom stereocenters. The van der Waals surface area contributed by atoms with Gasteiger partial charge < -0.3 is 10.8 Å². The Balaban J connectivity index is 2.20. The molecule has 3 N–H and O–H groups in total. The molecule has 0 heterocycles. The van der Waals surface area contributed by atoms with Crippen molar-refractivity contribution in [2.24, 2.45) is 17.6 Å². The number of hydrogen-bond acceptors (Lipinski definition) is 3. The van der Waals surface area contributed by atoms with Crippen molar-refractivity contribution < 1.29 is 14.7 Å². The lowest BCUT2D eigenvalue weighted by atomic mass is 9.89. The van der Waals surface area contributed by atoms with Gasteiger partial charge in [0.05, 0.1) is 0 Å². The molecule has 0 aromatic carbocycles. The lowest BCUT2D eigenvalue weighted by Crippen LogP contribution is -2.26. The number of hydrogen-bond donors (Lipinski definition) is 2. The summed E-state index contributed by atoms with van der Waals surface area (Å²) in [4.78, 5) is 22.1. The molecule has 0 aliphatic heterocycles. The van der Waals surface area contributed by atoms with Gasteiger partial charge in [0.15, 0.2) is 0 Å². The fourth-order valence-electron chi connectivity index (χ4n) is 2.72. The number of aliphatic carboxylic acids is 1. The molecule has 18 heavy (non-hydrogen) atoms. The summed E-state index contributed by atoms with van der Waals surface area (Å²) in [6.07, 6.45) is 6.96. The quantitative estimate of drug-likeness (QED) is 0.513. The fraction of sp³-hybridized carbons (Fsp3) is 0.714. The summed E-state index contributed by atoms with van der Waals surface area (Å²) in [6, 6.07) is -0.0630. The summed E-state index contributed by atoms with van der Waals surface area (Å²) in [6.45, 7) is 3.76. The first-order valence-electron chi connectivity index (χ1n) is 6.69. The van der Waals surface area contributed by atoms with Gasteiger partial charge in [-0.05, 0) is 12.8 Å². The lowest BCUT2D eigenvalue weighted by molar-refractivity contribution is -0.137. The van der Waals surface area contributed by atoms with Crippen LogP contribution in [0.3, 0.4) is 0 Å². The van der Waals surface area contributed by atoms with E-state index >= 15 is 0 Å². The first-order valence-corrected chi connectivity index (χ1v) is 6.69. The van der Waals surface area contributed by atoms with Crippen molar-refractivity contribution in [2.45, 2.75) is 51.0 Å². The zero-order chi connectivity index (χ0) is 13.5. The number of nitrogens with two attached hydrogens (primary N) is 1. The van der Waals surface area contributed by atoms with Gasteiger partial charge in [0.25, 0.3) is 0 Å². The first kappa shape index (κ1) is 14.9. The number of Topliss-reactive ketones (excluding diaryl/α,β-unsaturated/α-hetero) is 1. The largest absolute Gasteiger partial charge is 0.481 e. The second-order valence-corrected chi connectivity index (χ2v) is 5.10. The van der Waals surface area contributed by atoms with Gasteiger partial charge in [0.2, 0.25) is 0 Å². The summed E-state index contributed by atoms with van der Waals surface area (Å²) in [5.74, 6) is -0.315. The van der Waals surface area contributed by atoms with Gasteiger partial charge in [-0.3, -0.25) is 9.59 Å². The van der Waals surface area contributed by atoms with Crippen LogP contribution in [0.2, 0.25) is 0 Å². The van der Waals surface area contributed by atoms with Gasteiger partial charge in [0.1, 0.15) is 5.78 Å². The maximum absolute atomic E-state index is 11.8. The second kappa shape index (κ2) is 7.31. The van der Waals surface area contributed by atoms with Crippen molar-refractivity contribution in [1.82, 2.24) is 0 Å². The summed E-state index contributed by atoms with van der Waals surface area (Å²) in [5, 5.41) is 8.50. The maximum Gasteiger partial charge on any atom is 0.303 e. The van der Waals surface area contributed by atoms with E-state index in [0.29, 0.717) is 6.42 Å². The van der Waals surface area contributed by atoms with Crippen molar-refractivity contribution >= 4 is 11.8 Å². The van der Waals surface area contributed by atoms with Crippen molar-refractivity contribution in [3.63, 3.8) is 0 Å². The number of carboxylic acids is 1. The van der Waals surface area contributed by atoms with E-state index in [4.69, 9.17) is 10.8 Å². The summed E-state index contributed by atoms with van der Waals surface area (Å²) in [7, 11) is 0. The SMILES string of the molecule is C=CC1C(N)CC(=O)C1CCCCCCC(=O)O. The maximum atomic E-state index is 11.8. The van der Waals surface area contributed by atoms with Crippen LogP contribution in [0.4, 0.5) is 0 Å². The first-order chi connectivity index (χ1) is 8.56. The van der Waals surface area contributed by atoms with Crippen LogP contribution >= 0.6 is 0 Å². The summed E-state index contributed by atoms with van der Waals surface area (Å²) >= 11 is 0. The molecule has 4 heteroatoms. The Hall–Kier alpha value is -1.16. The molecule has 3 unspecified atom stereocenters. The Morgan fingerprint density at radius 1 is 1.39 bits per heavy atom. The van der Waals surface area contributed by atoms with Gasteiger partial charge in [-0.2, -0.15) is 0 Å². The number of carbonyl (C=O) groups excluding carboxylic acids is 1. The van der Waals surface area contributed by atoms with Crippen LogP contribution < -0.4 is 5.73 Å². The topological polar surface area (TPSA) is 80.4 Å². The summed E-state index contributed by atoms with van der Waals surface area (Å²) in [5.41, 5.74) is 5.90. The molecule has 1 aliphatic carbocycles. The van der Waals surface area contributed by atoms with Gasteiger partial charge in [-0.1, -0.05) is 25.3 Å². The van der Waals surface area contributed by atoms with Crippen LogP contribution in [0.1, 0.15) is 44.9 Å². The van der Waals surface area contributed by atoms with Gasteiger partial charge in [-0.25, -0.2) is 0 Å². The van der Waals surface area contributed by atoms with E-state index < -0.39 is 5.97 Å². The third-order valence-electron chi connectivity index (χ3n) is 3.74. The van der Waals surface area contributed by atoms with Crippen LogP contribution in [0.25, 0.3) is 0 Å². The minimum absolute atomic E-state index is 0.0389. The molecular formula is C14H23NO3. The predicted octanol–water partition coefficient (Wildman–Crippen LogP) is 2.13. The Bertz CT molecular complexity index is 314. The normalized spacial score (nSPS) is 27.4. The van der Waals surface area contributed by atoms with E-state index in [9.17, 15) is 9.59 Å². The van der Waals surface area contributed by atoms with Crippen LogP contribution in [-0.4, -0.2) is 22.9 Å². The minimum atomic E-state index is -0.737. The molecule has 4 nitrogen and oxygen atoms in total. The smallest absolute Gasteiger partial charge is 0.303 e. The van der Waals surface area contributed by atoms with Crippen LogP contribution in [-0.2, 0) is 9.59 Å². The fourth-order valence-corrected chi connectivity index (χ4v) is 2.72. The zero-order valence-electron chi connectivity index (χ0n) is 10.8. The van der Waals surface area contributed by atoms with E-state index in [0.717, 1.165) is 32.1 Å². The zero-order valence-corrected chi connectivity index (χ0v) is 10.8. The van der Waals surface area contributed by atoms with E-state index in [2.05, 4.69) is 6.58 Å². The molecule has 1 aliphatic rings. The predicted molar refractivity (Wildman–Crippen MR) is 70.1 cm³/mol. The third kappa shape index (κ3) is 4.26. The molecule has 1 saturated carbocycles. The highest BCUT2D eigenvalue weighted by molar-refractivity contribution is 5.84. The van der Waals surface area contributed by atoms with Crippen molar-refractivity contribution in [3.05, 3.63) is 12.7 Å². The molecule has 0 amide bonds. The van der Waals surface area contributed by atoms with Crippen molar-refractivity contribution in [1.29, 1.82) is 0 Å². The number of ketones is 1. The van der Waals surface area contributed by atoms with Crippen LogP contribution in [0.15, 0.2) is 12.7 Å². The van der Waals surface area contributed by atoms with Crippen molar-refractivity contribution in [2.75, 3.05) is 0 Å². The molecule has 0 saturated heterocycles. The molecule has 0 aromatic rings. The van der Waals surface area contributed by atoms with Gasteiger partial charge in [-0.15, -0.1) is 6.58 Å². The van der Waals surface area contributed by atoms with E-state index in [1.807, 2.05) is 6.08 Å². The lowest BCUT2D eigenvalue weighted by Gasteiger charge is -2.17. The summed E-state index contributed by atoms with van der Waals surface area (Å²) < 4.78 is 0. The Labute approximate surface area is 108 Å². The van der Waals surface area contributed by atoms with Gasteiger partial charge in [0, 0.05) is 30.7 Å². The number of carbonyl (C=O) groups is 2. The van der Waals surface area contributed by atoms with E-state index in [1.54, 1.807) is 0 Å². The highest BCUT2D eigenvalue weighted by atomic mass is 16.4. The Morgan fingerprint density at radius 2 is 2.06 bits per heavy atom. The molecule has 1 rings (SSSR count). The molecule has 0 spiro atoms. The van der Waals surface area contributed by atoms with Crippen LogP contribution in [0, 0.1) is 11.8 Å². The molecule has 1 fully saturated rings. The standard InChI is InChI=1S/C14H23NO3/c1-2-10-11(13(16)9-12(10)15)7-5-3-4-6-8-14(17)18/h2,10-12H,1,3-9,15H2,(H,17,18). The Morgan fingerprint density at radius 3 is 2.67 bits per heavy atom. The van der Waals surface area contributed by atoms with Crippen LogP contribution in [0.5, 0.6) is 0 Å².